The van der Waals surface area contributed by atoms with Crippen molar-refractivity contribution in [1.29, 1.82) is 0 Å². The first-order valence-corrected chi connectivity index (χ1v) is 11.2. The topological polar surface area (TPSA) is 103 Å². The third-order valence-electron chi connectivity index (χ3n) is 6.20. The van der Waals surface area contributed by atoms with E-state index in [1.54, 1.807) is 30.6 Å². The Morgan fingerprint density at radius 1 is 1.09 bits per heavy atom. The fourth-order valence-electron chi connectivity index (χ4n) is 4.51. The van der Waals surface area contributed by atoms with Gasteiger partial charge in [0.25, 0.3) is 0 Å². The van der Waals surface area contributed by atoms with Crippen LogP contribution in [0.5, 0.6) is 5.75 Å². The van der Waals surface area contributed by atoms with Crippen LogP contribution in [0.2, 0.25) is 0 Å². The predicted molar refractivity (Wildman–Crippen MR) is 130 cm³/mol. The predicted octanol–water partition coefficient (Wildman–Crippen LogP) is 4.12. The summed E-state index contributed by atoms with van der Waals surface area (Å²) in [5.41, 5.74) is 3.40. The summed E-state index contributed by atoms with van der Waals surface area (Å²) in [7, 11) is 0. The van der Waals surface area contributed by atoms with Gasteiger partial charge < -0.3 is 20.0 Å². The maximum Gasteiger partial charge on any atom is 0.407 e. The zero-order valence-electron chi connectivity index (χ0n) is 18.8. The molecule has 0 saturated carbocycles. The molecule has 5 rings (SSSR count). The first-order valence-electron chi connectivity index (χ1n) is 11.2. The van der Waals surface area contributed by atoms with E-state index in [-0.39, 0.29) is 11.8 Å². The van der Waals surface area contributed by atoms with Crippen molar-refractivity contribution in [3.8, 4) is 17.1 Å². The highest BCUT2D eigenvalue weighted by Crippen LogP contribution is 2.33. The van der Waals surface area contributed by atoms with Crippen molar-refractivity contribution in [3.05, 3.63) is 78.1 Å². The quantitative estimate of drug-likeness (QED) is 0.477. The van der Waals surface area contributed by atoms with E-state index in [2.05, 4.69) is 9.88 Å². The Bertz CT molecular complexity index is 1350. The fraction of sp³-hybridized carbons (Fsp3) is 0.231. The maximum absolute atomic E-state index is 12.0. The molecule has 3 heterocycles. The lowest BCUT2D eigenvalue weighted by atomic mass is 10.0. The highest BCUT2D eigenvalue weighted by molar-refractivity contribution is 5.92. The Labute approximate surface area is 197 Å². The van der Waals surface area contributed by atoms with Gasteiger partial charge in [-0.05, 0) is 54.8 Å². The number of aromatic nitrogens is 3. The third-order valence-corrected chi connectivity index (χ3v) is 6.20. The summed E-state index contributed by atoms with van der Waals surface area (Å²) in [6.07, 6.45) is 3.12. The van der Waals surface area contributed by atoms with Gasteiger partial charge in [0.2, 0.25) is 0 Å². The van der Waals surface area contributed by atoms with E-state index < -0.39 is 6.09 Å². The Hall–Kier alpha value is -4.20. The van der Waals surface area contributed by atoms with Crippen LogP contribution in [0.25, 0.3) is 22.3 Å². The molecule has 34 heavy (non-hydrogen) atoms. The number of hydrogen-bond donors (Lipinski definition) is 2. The summed E-state index contributed by atoms with van der Waals surface area (Å²) in [5.74, 6) is 1.30. The van der Waals surface area contributed by atoms with Crippen LogP contribution in [0.3, 0.4) is 0 Å². The van der Waals surface area contributed by atoms with Gasteiger partial charge in [-0.25, -0.2) is 14.8 Å². The Balaban J connectivity index is 1.57. The molecule has 0 aliphatic carbocycles. The number of fused-ring (bicyclic) bond motifs is 1. The average Bonchev–Trinajstić information content (AvgIpc) is 2.84. The first-order chi connectivity index (χ1) is 16.5. The molecule has 172 valence electrons. The number of phenolic OH excluding ortho intramolecular Hbond substituents is 1. The number of anilines is 1. The van der Waals surface area contributed by atoms with Crippen LogP contribution in [-0.4, -0.2) is 61.8 Å². The second kappa shape index (κ2) is 8.97. The molecule has 0 spiro atoms. The number of nitrogens with zero attached hydrogens (tertiary/aromatic N) is 5. The minimum Gasteiger partial charge on any atom is -0.507 e. The monoisotopic (exact) mass is 455 g/mol. The van der Waals surface area contributed by atoms with Gasteiger partial charge in [0, 0.05) is 37.4 Å². The molecule has 8 nitrogen and oxygen atoms in total. The van der Waals surface area contributed by atoms with E-state index in [0.717, 1.165) is 27.8 Å². The third kappa shape index (κ3) is 4.22. The molecule has 0 bridgehead atoms. The maximum atomic E-state index is 12.0. The standard InChI is InChI=1S/C26H25N5O3/c1-17-8-9-20-22(13-17)28-24(21-6-2-3-7-23(21)32)29-25(20)30-11-12-31(26(33)34)19(16-30)14-18-5-4-10-27-15-18/h2-10,13,15,19,32H,11-12,14,16H2,1H3,(H,33,34). The number of carboxylic acid groups (broad SMARTS) is 1. The Morgan fingerprint density at radius 2 is 1.94 bits per heavy atom. The van der Waals surface area contributed by atoms with E-state index >= 15 is 0 Å². The molecule has 2 aromatic carbocycles. The molecule has 8 heteroatoms. The molecule has 1 aliphatic rings. The van der Waals surface area contributed by atoms with Crippen molar-refractivity contribution in [1.82, 2.24) is 19.9 Å². The van der Waals surface area contributed by atoms with Crippen LogP contribution in [-0.2, 0) is 6.42 Å². The number of para-hydroxylation sites is 1. The van der Waals surface area contributed by atoms with Gasteiger partial charge >= 0.3 is 6.09 Å². The van der Waals surface area contributed by atoms with Crippen molar-refractivity contribution in [3.63, 3.8) is 0 Å². The number of rotatable bonds is 4. The van der Waals surface area contributed by atoms with Gasteiger partial charge in [-0.2, -0.15) is 0 Å². The van der Waals surface area contributed by atoms with Crippen LogP contribution < -0.4 is 4.90 Å². The lowest BCUT2D eigenvalue weighted by Gasteiger charge is -2.41. The molecule has 1 amide bonds. The number of piperazine rings is 1. The van der Waals surface area contributed by atoms with E-state index in [9.17, 15) is 15.0 Å². The van der Waals surface area contributed by atoms with Gasteiger partial charge in [0.15, 0.2) is 5.82 Å². The van der Waals surface area contributed by atoms with Gasteiger partial charge in [-0.15, -0.1) is 0 Å². The summed E-state index contributed by atoms with van der Waals surface area (Å²) >= 11 is 0. The average molecular weight is 456 g/mol. The molecule has 2 N–H and O–H groups in total. The van der Waals surface area contributed by atoms with E-state index in [4.69, 9.17) is 9.97 Å². The lowest BCUT2D eigenvalue weighted by Crippen LogP contribution is -2.56. The van der Waals surface area contributed by atoms with Gasteiger partial charge in [-0.3, -0.25) is 4.98 Å². The van der Waals surface area contributed by atoms with Crippen molar-refractivity contribution in [2.45, 2.75) is 19.4 Å². The number of benzene rings is 2. The van der Waals surface area contributed by atoms with E-state index in [1.807, 2.05) is 43.3 Å². The Kier molecular flexibility index (Phi) is 5.71. The number of amides is 1. The molecule has 2 aromatic heterocycles. The summed E-state index contributed by atoms with van der Waals surface area (Å²) in [6.45, 7) is 3.37. The number of carbonyl (C=O) groups is 1. The number of pyridine rings is 1. The highest BCUT2D eigenvalue weighted by atomic mass is 16.4. The lowest BCUT2D eigenvalue weighted by molar-refractivity contribution is 0.118. The highest BCUT2D eigenvalue weighted by Gasteiger charge is 2.32. The van der Waals surface area contributed by atoms with Gasteiger partial charge in [0.05, 0.1) is 17.1 Å². The van der Waals surface area contributed by atoms with Gasteiger partial charge in [0.1, 0.15) is 11.6 Å². The van der Waals surface area contributed by atoms with E-state index in [1.165, 1.54) is 4.90 Å². The zero-order chi connectivity index (χ0) is 23.7. The fourth-order valence-corrected chi connectivity index (χ4v) is 4.51. The van der Waals surface area contributed by atoms with E-state index in [0.29, 0.717) is 37.4 Å². The van der Waals surface area contributed by atoms with Crippen LogP contribution in [0, 0.1) is 6.92 Å². The normalized spacial score (nSPS) is 16.1. The van der Waals surface area contributed by atoms with Crippen molar-refractivity contribution in [2.24, 2.45) is 0 Å². The van der Waals surface area contributed by atoms with Crippen LogP contribution >= 0.6 is 0 Å². The molecule has 1 fully saturated rings. The van der Waals surface area contributed by atoms with Crippen LogP contribution in [0.1, 0.15) is 11.1 Å². The minimum absolute atomic E-state index is 0.116. The molecule has 1 saturated heterocycles. The molecule has 1 aliphatic heterocycles. The zero-order valence-corrected chi connectivity index (χ0v) is 18.8. The molecule has 4 aromatic rings. The molecule has 1 atom stereocenters. The Morgan fingerprint density at radius 3 is 2.71 bits per heavy atom. The molecular weight excluding hydrogens is 430 g/mol. The minimum atomic E-state index is -0.924. The van der Waals surface area contributed by atoms with Crippen LogP contribution in [0.15, 0.2) is 67.0 Å². The second-order valence-electron chi connectivity index (χ2n) is 8.55. The summed E-state index contributed by atoms with van der Waals surface area (Å²) < 4.78 is 0. The number of hydrogen-bond acceptors (Lipinski definition) is 6. The first kappa shape index (κ1) is 21.6. The largest absolute Gasteiger partial charge is 0.507 e. The number of aryl methyl sites for hydroxylation is 1. The number of aromatic hydroxyl groups is 1. The molecule has 0 radical (unpaired) electrons. The van der Waals surface area contributed by atoms with Crippen molar-refractivity contribution >= 4 is 22.8 Å². The summed E-state index contributed by atoms with van der Waals surface area (Å²) in [6, 6.07) is 16.6. The summed E-state index contributed by atoms with van der Waals surface area (Å²) in [4.78, 5) is 29.4. The van der Waals surface area contributed by atoms with Crippen LogP contribution in [0.4, 0.5) is 10.6 Å². The SMILES string of the molecule is Cc1ccc2c(N3CCN(C(=O)O)C(Cc4cccnc4)C3)nc(-c3ccccc3O)nc2c1. The molecule has 1 unspecified atom stereocenters. The second-order valence-corrected chi connectivity index (χ2v) is 8.55. The van der Waals surface area contributed by atoms with Crippen molar-refractivity contribution in [2.75, 3.05) is 24.5 Å². The number of phenols is 1. The smallest absolute Gasteiger partial charge is 0.407 e. The van der Waals surface area contributed by atoms with Crippen molar-refractivity contribution < 1.29 is 15.0 Å². The van der Waals surface area contributed by atoms with Gasteiger partial charge in [-0.1, -0.05) is 24.3 Å². The summed E-state index contributed by atoms with van der Waals surface area (Å²) in [5, 5.41) is 21.1. The molecular formula is C26H25N5O3.